The third kappa shape index (κ3) is 3.01. The second-order valence-corrected chi connectivity index (χ2v) is 4.54. The number of rotatable bonds is 3. The number of thiazole rings is 1. The summed E-state index contributed by atoms with van der Waals surface area (Å²) in [6.45, 7) is -0.0623. The Morgan fingerprint density at radius 3 is 2.64 bits per heavy atom. The Morgan fingerprint density at radius 1 is 1.57 bits per heavy atom. The molecule has 0 spiro atoms. The van der Waals surface area contributed by atoms with Gasteiger partial charge in [0.2, 0.25) is 0 Å². The van der Waals surface area contributed by atoms with Gasteiger partial charge in [0.1, 0.15) is 4.34 Å². The summed E-state index contributed by atoms with van der Waals surface area (Å²) in [6, 6.07) is 0. The molecule has 0 aromatic carbocycles. The molecule has 4 nitrogen and oxygen atoms in total. The maximum atomic E-state index is 11.1. The number of likely N-dealkylation sites (N-methyl/N-ethyl adjacent to an activating group) is 1. The highest BCUT2D eigenvalue weighted by Gasteiger charge is 2.10. The molecule has 0 bridgehead atoms. The second-order valence-electron chi connectivity index (χ2n) is 2.62. The standard InChI is InChI=1S/C7H8Cl2N2O2S/c1-11(2)4(12)3-13-7-10-5(8)6(9)14-7/h3H2,1-2H3. The quantitative estimate of drug-likeness (QED) is 0.828. The van der Waals surface area contributed by atoms with Crippen molar-refractivity contribution in [2.75, 3.05) is 20.7 Å². The smallest absolute Gasteiger partial charge is 0.276 e. The first-order chi connectivity index (χ1) is 6.50. The Balaban J connectivity index is 2.50. The Labute approximate surface area is 95.4 Å². The summed E-state index contributed by atoms with van der Waals surface area (Å²) in [5.41, 5.74) is 0. The van der Waals surface area contributed by atoms with Crippen LogP contribution in [0.2, 0.25) is 9.49 Å². The van der Waals surface area contributed by atoms with Crippen molar-refractivity contribution >= 4 is 40.4 Å². The van der Waals surface area contributed by atoms with Crippen molar-refractivity contribution in [1.82, 2.24) is 9.88 Å². The van der Waals surface area contributed by atoms with Crippen LogP contribution in [0.15, 0.2) is 0 Å². The lowest BCUT2D eigenvalue weighted by Gasteiger charge is -2.09. The highest BCUT2D eigenvalue weighted by atomic mass is 35.5. The number of carbonyl (C=O) groups is 1. The fraction of sp³-hybridized carbons (Fsp3) is 0.429. The van der Waals surface area contributed by atoms with Crippen LogP contribution in [0.4, 0.5) is 0 Å². The van der Waals surface area contributed by atoms with E-state index < -0.39 is 0 Å². The number of halogens is 2. The first kappa shape index (κ1) is 11.6. The average molecular weight is 255 g/mol. The van der Waals surface area contributed by atoms with Gasteiger partial charge in [-0.15, -0.1) is 0 Å². The molecule has 1 amide bonds. The molecule has 1 aromatic heterocycles. The molecule has 0 aliphatic rings. The van der Waals surface area contributed by atoms with Crippen molar-refractivity contribution < 1.29 is 9.53 Å². The number of nitrogens with zero attached hydrogens (tertiary/aromatic N) is 2. The Morgan fingerprint density at radius 2 is 2.21 bits per heavy atom. The Hall–Kier alpha value is -0.520. The van der Waals surface area contributed by atoms with Gasteiger partial charge in [0.05, 0.1) is 0 Å². The molecular weight excluding hydrogens is 247 g/mol. The minimum absolute atomic E-state index is 0.0623. The van der Waals surface area contributed by atoms with Crippen molar-refractivity contribution in [1.29, 1.82) is 0 Å². The lowest BCUT2D eigenvalue weighted by atomic mass is 10.6. The molecule has 0 N–H and O–H groups in total. The molecule has 1 aromatic rings. The van der Waals surface area contributed by atoms with Gasteiger partial charge in [0.15, 0.2) is 11.8 Å². The maximum Gasteiger partial charge on any atom is 0.276 e. The molecule has 0 saturated carbocycles. The van der Waals surface area contributed by atoms with Gasteiger partial charge in [-0.3, -0.25) is 4.79 Å². The molecule has 0 fully saturated rings. The molecule has 7 heteroatoms. The SMILES string of the molecule is CN(C)C(=O)COc1nc(Cl)c(Cl)s1. The molecule has 1 heterocycles. The topological polar surface area (TPSA) is 42.4 Å². The first-order valence-corrected chi connectivity index (χ1v) is 5.22. The van der Waals surface area contributed by atoms with Crippen LogP contribution in [0, 0.1) is 0 Å². The van der Waals surface area contributed by atoms with E-state index in [1.165, 1.54) is 4.90 Å². The molecule has 1 rings (SSSR count). The average Bonchev–Trinajstić information content (AvgIpc) is 2.42. The zero-order valence-electron chi connectivity index (χ0n) is 7.58. The Kier molecular flexibility index (Phi) is 3.97. The summed E-state index contributed by atoms with van der Waals surface area (Å²) in [6.07, 6.45) is 0. The van der Waals surface area contributed by atoms with Crippen LogP contribution in [0.5, 0.6) is 5.19 Å². The molecule has 78 valence electrons. The molecule has 0 aliphatic heterocycles. The van der Waals surface area contributed by atoms with Crippen molar-refractivity contribution in [3.63, 3.8) is 0 Å². The summed E-state index contributed by atoms with van der Waals surface area (Å²) in [4.78, 5) is 16.3. The lowest BCUT2D eigenvalue weighted by molar-refractivity contribution is -0.130. The van der Waals surface area contributed by atoms with Crippen LogP contribution in [0.3, 0.4) is 0 Å². The van der Waals surface area contributed by atoms with Crippen molar-refractivity contribution in [3.05, 3.63) is 9.49 Å². The van der Waals surface area contributed by atoms with Gasteiger partial charge in [-0.25, -0.2) is 0 Å². The molecule has 14 heavy (non-hydrogen) atoms. The normalized spacial score (nSPS) is 10.0. The highest BCUT2D eigenvalue weighted by Crippen LogP contribution is 2.32. The van der Waals surface area contributed by atoms with Gasteiger partial charge in [-0.1, -0.05) is 34.5 Å². The third-order valence-corrected chi connectivity index (χ3v) is 3.00. The van der Waals surface area contributed by atoms with E-state index in [0.717, 1.165) is 11.3 Å². The van der Waals surface area contributed by atoms with Crippen LogP contribution in [-0.2, 0) is 4.79 Å². The van der Waals surface area contributed by atoms with E-state index >= 15 is 0 Å². The number of ether oxygens (including phenoxy) is 1. The van der Waals surface area contributed by atoms with Crippen LogP contribution in [0.1, 0.15) is 0 Å². The number of hydrogen-bond donors (Lipinski definition) is 0. The zero-order valence-corrected chi connectivity index (χ0v) is 9.91. The van der Waals surface area contributed by atoms with Gasteiger partial charge in [0, 0.05) is 14.1 Å². The summed E-state index contributed by atoms with van der Waals surface area (Å²) in [7, 11) is 3.29. The summed E-state index contributed by atoms with van der Waals surface area (Å²) in [5, 5.41) is 0.499. The van der Waals surface area contributed by atoms with E-state index in [1.807, 2.05) is 0 Å². The predicted octanol–water partition coefficient (Wildman–Crippen LogP) is 1.92. The lowest BCUT2D eigenvalue weighted by Crippen LogP contribution is -2.27. The van der Waals surface area contributed by atoms with Gasteiger partial charge < -0.3 is 9.64 Å². The van der Waals surface area contributed by atoms with Crippen molar-refractivity contribution in [2.24, 2.45) is 0 Å². The van der Waals surface area contributed by atoms with E-state index in [0.29, 0.717) is 9.53 Å². The number of amides is 1. The minimum atomic E-state index is -0.146. The molecular formula is C7H8Cl2N2O2S. The fourth-order valence-corrected chi connectivity index (χ4v) is 1.60. The minimum Gasteiger partial charge on any atom is -0.460 e. The van der Waals surface area contributed by atoms with Gasteiger partial charge >= 0.3 is 0 Å². The molecule has 0 saturated heterocycles. The number of hydrogen-bond acceptors (Lipinski definition) is 4. The largest absolute Gasteiger partial charge is 0.460 e. The van der Waals surface area contributed by atoms with E-state index in [1.54, 1.807) is 14.1 Å². The number of carbonyl (C=O) groups excluding carboxylic acids is 1. The molecule has 0 aliphatic carbocycles. The van der Waals surface area contributed by atoms with Crippen LogP contribution < -0.4 is 4.74 Å². The maximum absolute atomic E-state index is 11.1. The van der Waals surface area contributed by atoms with E-state index in [2.05, 4.69) is 4.98 Å². The van der Waals surface area contributed by atoms with Crippen molar-refractivity contribution in [2.45, 2.75) is 0 Å². The van der Waals surface area contributed by atoms with E-state index in [-0.39, 0.29) is 17.7 Å². The zero-order chi connectivity index (χ0) is 10.7. The van der Waals surface area contributed by atoms with Gasteiger partial charge in [-0.05, 0) is 0 Å². The second kappa shape index (κ2) is 4.82. The van der Waals surface area contributed by atoms with Crippen LogP contribution >= 0.6 is 34.5 Å². The summed E-state index contributed by atoms with van der Waals surface area (Å²) >= 11 is 12.4. The molecule has 0 atom stereocenters. The monoisotopic (exact) mass is 254 g/mol. The van der Waals surface area contributed by atoms with Gasteiger partial charge in [0.25, 0.3) is 11.1 Å². The van der Waals surface area contributed by atoms with Crippen molar-refractivity contribution in [3.8, 4) is 5.19 Å². The summed E-state index contributed by atoms with van der Waals surface area (Å²) in [5.74, 6) is -0.146. The highest BCUT2D eigenvalue weighted by molar-refractivity contribution is 7.18. The van der Waals surface area contributed by atoms with E-state index in [4.69, 9.17) is 27.9 Å². The Bertz CT molecular complexity index is 321. The van der Waals surface area contributed by atoms with Crippen LogP contribution in [-0.4, -0.2) is 36.5 Å². The van der Waals surface area contributed by atoms with E-state index in [9.17, 15) is 4.79 Å². The third-order valence-electron chi connectivity index (χ3n) is 1.35. The molecule has 0 unspecified atom stereocenters. The fourth-order valence-electron chi connectivity index (χ4n) is 0.580. The molecule has 0 radical (unpaired) electrons. The first-order valence-electron chi connectivity index (χ1n) is 3.65. The van der Waals surface area contributed by atoms with Gasteiger partial charge in [-0.2, -0.15) is 4.98 Å². The predicted molar refractivity (Wildman–Crippen MR) is 56.3 cm³/mol. The number of aromatic nitrogens is 1. The van der Waals surface area contributed by atoms with Crippen LogP contribution in [0.25, 0.3) is 0 Å². The summed E-state index contributed by atoms with van der Waals surface area (Å²) < 4.78 is 5.44.